The highest BCUT2D eigenvalue weighted by Crippen LogP contribution is 2.27. The van der Waals surface area contributed by atoms with Crippen molar-refractivity contribution >= 4 is 28.9 Å². The molecule has 0 aliphatic heterocycles. The van der Waals surface area contributed by atoms with Gasteiger partial charge in [0.25, 0.3) is 5.91 Å². The van der Waals surface area contributed by atoms with Gasteiger partial charge in [0.05, 0.1) is 24.0 Å². The van der Waals surface area contributed by atoms with Gasteiger partial charge in [0.15, 0.2) is 0 Å². The lowest BCUT2D eigenvalue weighted by Crippen LogP contribution is -2.18. The van der Waals surface area contributed by atoms with E-state index in [0.29, 0.717) is 22.2 Å². The Hall–Kier alpha value is -3.05. The summed E-state index contributed by atoms with van der Waals surface area (Å²) >= 11 is 6.08. The lowest BCUT2D eigenvalue weighted by Gasteiger charge is -2.19. The zero-order valence-corrected chi connectivity index (χ0v) is 15.9. The molecule has 0 radical (unpaired) electrons. The predicted molar refractivity (Wildman–Crippen MR) is 109 cm³/mol. The highest BCUT2D eigenvalue weighted by molar-refractivity contribution is 6.32. The van der Waals surface area contributed by atoms with Crippen molar-refractivity contribution < 1.29 is 9.53 Å². The van der Waals surface area contributed by atoms with Crippen LogP contribution in [0.2, 0.25) is 5.02 Å². The monoisotopic (exact) mass is 381 g/mol. The lowest BCUT2D eigenvalue weighted by molar-refractivity contribution is 0.102. The number of hydrogen-bond acceptors (Lipinski definition) is 4. The molecular weight excluding hydrogens is 362 g/mol. The maximum atomic E-state index is 12.4. The van der Waals surface area contributed by atoms with Crippen LogP contribution in [-0.2, 0) is 6.54 Å². The number of ether oxygens (including phenoxy) is 1. The summed E-state index contributed by atoms with van der Waals surface area (Å²) in [7, 11) is 3.53. The number of halogens is 1. The molecule has 6 heteroatoms. The molecule has 0 unspecified atom stereocenters. The molecule has 1 amide bonds. The molecule has 0 aliphatic rings. The first-order valence-electron chi connectivity index (χ1n) is 8.43. The number of methoxy groups -OCH3 is 1. The van der Waals surface area contributed by atoms with Gasteiger partial charge in [0.2, 0.25) is 0 Å². The van der Waals surface area contributed by atoms with Crippen LogP contribution >= 0.6 is 11.6 Å². The van der Waals surface area contributed by atoms with Gasteiger partial charge < -0.3 is 15.0 Å². The Morgan fingerprint density at radius 1 is 1.15 bits per heavy atom. The van der Waals surface area contributed by atoms with Crippen molar-refractivity contribution in [3.8, 4) is 5.75 Å². The Morgan fingerprint density at radius 3 is 2.56 bits per heavy atom. The van der Waals surface area contributed by atoms with E-state index >= 15 is 0 Å². The highest BCUT2D eigenvalue weighted by atomic mass is 35.5. The number of rotatable bonds is 6. The molecule has 1 aromatic heterocycles. The van der Waals surface area contributed by atoms with Crippen LogP contribution in [0, 0.1) is 0 Å². The van der Waals surface area contributed by atoms with Gasteiger partial charge in [-0.3, -0.25) is 4.79 Å². The third-order valence-corrected chi connectivity index (χ3v) is 4.39. The zero-order chi connectivity index (χ0) is 19.2. The first-order chi connectivity index (χ1) is 13.1. The number of aromatic nitrogens is 1. The van der Waals surface area contributed by atoms with Gasteiger partial charge in [-0.25, -0.2) is 4.98 Å². The number of pyridine rings is 1. The Bertz CT molecular complexity index is 914. The van der Waals surface area contributed by atoms with Crippen LogP contribution < -0.4 is 15.0 Å². The van der Waals surface area contributed by atoms with Crippen LogP contribution in [0.1, 0.15) is 16.1 Å². The highest BCUT2D eigenvalue weighted by Gasteiger charge is 2.10. The Balaban J connectivity index is 1.65. The summed E-state index contributed by atoms with van der Waals surface area (Å²) in [6.45, 7) is 0.762. The molecule has 138 valence electrons. The van der Waals surface area contributed by atoms with Crippen LogP contribution in [0.4, 0.5) is 11.4 Å². The van der Waals surface area contributed by atoms with Crippen molar-refractivity contribution in [1.29, 1.82) is 0 Å². The molecule has 0 fully saturated rings. The van der Waals surface area contributed by atoms with Gasteiger partial charge in [0.1, 0.15) is 11.4 Å². The summed E-state index contributed by atoms with van der Waals surface area (Å²) in [5, 5.41) is 3.22. The quantitative estimate of drug-likeness (QED) is 0.676. The SMILES string of the molecule is COc1ccc(NC(=O)c2ccc(N(C)Cc3ccccc3)cn2)cc1Cl. The number of anilines is 2. The van der Waals surface area contributed by atoms with Crippen molar-refractivity contribution in [2.24, 2.45) is 0 Å². The maximum absolute atomic E-state index is 12.4. The van der Waals surface area contributed by atoms with E-state index in [1.54, 1.807) is 37.6 Å². The normalized spacial score (nSPS) is 10.3. The largest absolute Gasteiger partial charge is 0.495 e. The number of nitrogens with zero attached hydrogens (tertiary/aromatic N) is 2. The summed E-state index contributed by atoms with van der Waals surface area (Å²) in [6.07, 6.45) is 1.69. The molecular formula is C21H20ClN3O2. The van der Waals surface area contributed by atoms with Gasteiger partial charge in [0, 0.05) is 19.3 Å². The molecule has 1 heterocycles. The molecule has 0 saturated carbocycles. The Morgan fingerprint density at radius 2 is 1.93 bits per heavy atom. The second kappa shape index (κ2) is 8.56. The first-order valence-corrected chi connectivity index (χ1v) is 8.80. The number of amides is 1. The molecule has 0 spiro atoms. The number of carbonyl (C=O) groups is 1. The average molecular weight is 382 g/mol. The van der Waals surface area contributed by atoms with E-state index in [1.807, 2.05) is 31.3 Å². The maximum Gasteiger partial charge on any atom is 0.274 e. The summed E-state index contributed by atoms with van der Waals surface area (Å²) in [5.41, 5.74) is 3.05. The van der Waals surface area contributed by atoms with Crippen molar-refractivity contribution in [3.63, 3.8) is 0 Å². The van der Waals surface area contributed by atoms with E-state index in [-0.39, 0.29) is 5.91 Å². The molecule has 0 aliphatic carbocycles. The van der Waals surface area contributed by atoms with Gasteiger partial charge in [-0.1, -0.05) is 41.9 Å². The second-order valence-electron chi connectivity index (χ2n) is 6.05. The Kier molecular flexibility index (Phi) is 5.94. The van der Waals surface area contributed by atoms with Crippen molar-refractivity contribution in [1.82, 2.24) is 4.98 Å². The number of benzene rings is 2. The number of hydrogen-bond donors (Lipinski definition) is 1. The molecule has 5 nitrogen and oxygen atoms in total. The first kappa shape index (κ1) is 18.7. The molecule has 27 heavy (non-hydrogen) atoms. The van der Waals surface area contributed by atoms with Gasteiger partial charge >= 0.3 is 0 Å². The van der Waals surface area contributed by atoms with E-state index < -0.39 is 0 Å². The van der Waals surface area contributed by atoms with Crippen LogP contribution in [0.3, 0.4) is 0 Å². The van der Waals surface area contributed by atoms with Crippen molar-refractivity contribution in [3.05, 3.63) is 83.1 Å². The van der Waals surface area contributed by atoms with E-state index in [2.05, 4.69) is 27.3 Å². The topological polar surface area (TPSA) is 54.5 Å². The number of nitrogens with one attached hydrogen (secondary N) is 1. The fourth-order valence-electron chi connectivity index (χ4n) is 2.63. The van der Waals surface area contributed by atoms with E-state index in [9.17, 15) is 4.79 Å². The van der Waals surface area contributed by atoms with Crippen LogP contribution in [0.15, 0.2) is 66.9 Å². The minimum atomic E-state index is -0.298. The minimum Gasteiger partial charge on any atom is -0.495 e. The minimum absolute atomic E-state index is 0.298. The zero-order valence-electron chi connectivity index (χ0n) is 15.1. The summed E-state index contributed by atoms with van der Waals surface area (Å²) in [6, 6.07) is 18.8. The summed E-state index contributed by atoms with van der Waals surface area (Å²) < 4.78 is 5.11. The smallest absolute Gasteiger partial charge is 0.274 e. The van der Waals surface area contributed by atoms with E-state index in [1.165, 1.54) is 5.56 Å². The molecule has 0 atom stereocenters. The van der Waals surface area contributed by atoms with Gasteiger partial charge in [-0.05, 0) is 35.9 Å². The molecule has 3 aromatic rings. The van der Waals surface area contributed by atoms with E-state index in [0.717, 1.165) is 12.2 Å². The summed E-state index contributed by atoms with van der Waals surface area (Å²) in [4.78, 5) is 18.7. The van der Waals surface area contributed by atoms with Crippen LogP contribution in [-0.4, -0.2) is 25.0 Å². The van der Waals surface area contributed by atoms with E-state index in [4.69, 9.17) is 16.3 Å². The standard InChI is InChI=1S/C21H20ClN3O2/c1-25(14-15-6-4-3-5-7-15)17-9-10-19(23-13-17)21(26)24-16-8-11-20(27-2)18(22)12-16/h3-13H,14H2,1-2H3,(H,24,26). The molecule has 0 saturated heterocycles. The fourth-order valence-corrected chi connectivity index (χ4v) is 2.89. The van der Waals surface area contributed by atoms with Gasteiger partial charge in [-0.2, -0.15) is 0 Å². The van der Waals surface area contributed by atoms with Crippen molar-refractivity contribution in [2.45, 2.75) is 6.54 Å². The van der Waals surface area contributed by atoms with Gasteiger partial charge in [-0.15, -0.1) is 0 Å². The molecule has 0 bridgehead atoms. The fraction of sp³-hybridized carbons (Fsp3) is 0.143. The van der Waals surface area contributed by atoms with Crippen LogP contribution in [0.5, 0.6) is 5.75 Å². The molecule has 3 rings (SSSR count). The van der Waals surface area contributed by atoms with Crippen LogP contribution in [0.25, 0.3) is 0 Å². The average Bonchev–Trinajstić information content (AvgIpc) is 2.69. The molecule has 2 aromatic carbocycles. The van der Waals surface area contributed by atoms with Crippen molar-refractivity contribution in [2.75, 3.05) is 24.4 Å². The number of carbonyl (C=O) groups excluding carboxylic acids is 1. The second-order valence-corrected chi connectivity index (χ2v) is 6.45. The Labute approximate surface area is 163 Å². The summed E-state index contributed by atoms with van der Waals surface area (Å²) in [5.74, 6) is 0.257. The predicted octanol–water partition coefficient (Wildman–Crippen LogP) is 4.63. The third kappa shape index (κ3) is 4.77. The molecule has 1 N–H and O–H groups in total. The lowest BCUT2D eigenvalue weighted by atomic mass is 10.2. The third-order valence-electron chi connectivity index (χ3n) is 4.09.